The quantitative estimate of drug-likeness (QED) is 0.835. The topological polar surface area (TPSA) is 50.9 Å². The summed E-state index contributed by atoms with van der Waals surface area (Å²) in [7, 11) is 0. The highest BCUT2D eigenvalue weighted by Crippen LogP contribution is 2.42. The number of benzene rings is 1. The fourth-order valence-corrected chi connectivity index (χ4v) is 1.74. The van der Waals surface area contributed by atoms with Crippen molar-refractivity contribution < 1.29 is 18.7 Å². The van der Waals surface area contributed by atoms with Gasteiger partial charge in [0.05, 0.1) is 12.3 Å². The molecular formula is C14H18FNO3. The molecule has 1 saturated heterocycles. The van der Waals surface area contributed by atoms with Crippen LogP contribution in [-0.4, -0.2) is 18.3 Å². The van der Waals surface area contributed by atoms with Crippen molar-refractivity contribution in [1.29, 1.82) is 0 Å². The van der Waals surface area contributed by atoms with Gasteiger partial charge in [0.1, 0.15) is 17.0 Å². The maximum atomic E-state index is 13.3. The van der Waals surface area contributed by atoms with Crippen molar-refractivity contribution in [2.45, 2.75) is 38.9 Å². The van der Waals surface area contributed by atoms with Crippen molar-refractivity contribution in [3.8, 4) is 0 Å². The number of halogens is 1. The molecule has 1 atom stereocenters. The monoisotopic (exact) mass is 267 g/mol. The summed E-state index contributed by atoms with van der Waals surface area (Å²) in [6.07, 6.45) is -0.565. The summed E-state index contributed by atoms with van der Waals surface area (Å²) in [5.74, 6) is -0.360. The molecule has 4 nitrogen and oxygen atoms in total. The van der Waals surface area contributed by atoms with Crippen LogP contribution in [0.2, 0.25) is 0 Å². The second-order valence-corrected chi connectivity index (χ2v) is 5.84. The highest BCUT2D eigenvalue weighted by Gasteiger charge is 2.43. The van der Waals surface area contributed by atoms with Gasteiger partial charge < -0.3 is 9.47 Å². The van der Waals surface area contributed by atoms with Crippen LogP contribution in [0, 0.1) is 5.82 Å². The molecule has 19 heavy (non-hydrogen) atoms. The Kier molecular flexibility index (Phi) is 3.26. The fourth-order valence-electron chi connectivity index (χ4n) is 1.74. The minimum absolute atomic E-state index is 0.360. The van der Waals surface area contributed by atoms with Crippen molar-refractivity contribution in [3.05, 3.63) is 29.6 Å². The number of carbonyl (C=O) groups excluding carboxylic acids is 1. The highest BCUT2D eigenvalue weighted by atomic mass is 19.1. The van der Waals surface area contributed by atoms with E-state index in [0.29, 0.717) is 17.9 Å². The number of nitrogens with one attached hydrogen (secondary N) is 1. The molecule has 0 aromatic heterocycles. The Morgan fingerprint density at radius 1 is 1.47 bits per heavy atom. The van der Waals surface area contributed by atoms with E-state index in [1.165, 1.54) is 18.2 Å². The lowest BCUT2D eigenvalue weighted by Gasteiger charge is -2.21. The van der Waals surface area contributed by atoms with Crippen LogP contribution in [0.15, 0.2) is 18.2 Å². The predicted molar refractivity (Wildman–Crippen MR) is 69.6 cm³/mol. The van der Waals surface area contributed by atoms with Gasteiger partial charge in [-0.3, -0.25) is 5.32 Å². The van der Waals surface area contributed by atoms with Gasteiger partial charge in [-0.25, -0.2) is 9.18 Å². The van der Waals surface area contributed by atoms with Gasteiger partial charge in [-0.15, -0.1) is 0 Å². The van der Waals surface area contributed by atoms with Crippen LogP contribution >= 0.6 is 0 Å². The number of epoxide rings is 1. The largest absolute Gasteiger partial charge is 0.444 e. The normalized spacial score (nSPS) is 21.9. The summed E-state index contributed by atoms with van der Waals surface area (Å²) in [6, 6.07) is 4.18. The molecule has 104 valence electrons. The van der Waals surface area contributed by atoms with E-state index in [4.69, 9.17) is 9.47 Å². The number of carbonyl (C=O) groups is 1. The molecule has 1 aromatic rings. The molecule has 1 N–H and O–H groups in total. The standard InChI is InChI=1S/C14H18FNO3/c1-13(2,3)19-12(17)16-11-6-5-9(15)7-10(11)14(4)8-18-14/h5-7H,8H2,1-4H3,(H,16,17). The highest BCUT2D eigenvalue weighted by molar-refractivity contribution is 5.86. The maximum Gasteiger partial charge on any atom is 0.412 e. The number of hydrogen-bond acceptors (Lipinski definition) is 3. The van der Waals surface area contributed by atoms with E-state index in [1.807, 2.05) is 6.92 Å². The van der Waals surface area contributed by atoms with E-state index in [2.05, 4.69) is 5.32 Å². The van der Waals surface area contributed by atoms with Crippen molar-refractivity contribution in [2.24, 2.45) is 0 Å². The molecule has 0 aliphatic carbocycles. The van der Waals surface area contributed by atoms with E-state index in [1.54, 1.807) is 20.8 Å². The van der Waals surface area contributed by atoms with E-state index in [-0.39, 0.29) is 5.82 Å². The lowest BCUT2D eigenvalue weighted by molar-refractivity contribution is 0.0635. The lowest BCUT2D eigenvalue weighted by atomic mass is 10.00. The van der Waals surface area contributed by atoms with Crippen LogP contribution < -0.4 is 5.32 Å². The first-order valence-electron chi connectivity index (χ1n) is 6.14. The van der Waals surface area contributed by atoms with Crippen LogP contribution in [0.4, 0.5) is 14.9 Å². The Morgan fingerprint density at radius 2 is 2.11 bits per heavy atom. The number of amides is 1. The zero-order valence-corrected chi connectivity index (χ0v) is 11.5. The van der Waals surface area contributed by atoms with E-state index >= 15 is 0 Å². The van der Waals surface area contributed by atoms with Gasteiger partial charge in [0, 0.05) is 5.56 Å². The number of ether oxygens (including phenoxy) is 2. The van der Waals surface area contributed by atoms with Crippen LogP contribution in [0.3, 0.4) is 0 Å². The average Bonchev–Trinajstić information content (AvgIpc) is 2.97. The molecule has 2 rings (SSSR count). The third kappa shape index (κ3) is 3.44. The average molecular weight is 267 g/mol. The number of anilines is 1. The SMILES string of the molecule is CC(C)(C)OC(=O)Nc1ccc(F)cc1C1(C)CO1. The van der Waals surface area contributed by atoms with Gasteiger partial charge in [-0.2, -0.15) is 0 Å². The molecule has 1 unspecified atom stereocenters. The molecule has 0 radical (unpaired) electrons. The Bertz CT molecular complexity index is 504. The summed E-state index contributed by atoms with van der Waals surface area (Å²) in [6.45, 7) is 7.71. The number of rotatable bonds is 2. The first-order valence-corrected chi connectivity index (χ1v) is 6.14. The Morgan fingerprint density at radius 3 is 2.63 bits per heavy atom. The second-order valence-electron chi connectivity index (χ2n) is 5.84. The van der Waals surface area contributed by atoms with Crippen LogP contribution in [0.1, 0.15) is 33.3 Å². The summed E-state index contributed by atoms with van der Waals surface area (Å²) >= 11 is 0. The third-order valence-electron chi connectivity index (χ3n) is 2.76. The minimum atomic E-state index is -0.579. The molecule has 5 heteroatoms. The molecule has 1 amide bonds. The van der Waals surface area contributed by atoms with E-state index in [9.17, 15) is 9.18 Å². The number of hydrogen-bond donors (Lipinski definition) is 1. The molecule has 0 bridgehead atoms. The smallest absolute Gasteiger partial charge is 0.412 e. The van der Waals surface area contributed by atoms with Gasteiger partial charge in [0.15, 0.2) is 0 Å². The molecule has 0 saturated carbocycles. The molecule has 0 spiro atoms. The molecule has 1 aliphatic heterocycles. The van der Waals surface area contributed by atoms with Crippen LogP contribution in [0.5, 0.6) is 0 Å². The van der Waals surface area contributed by atoms with Gasteiger partial charge in [0.25, 0.3) is 0 Å². The van der Waals surface area contributed by atoms with Crippen molar-refractivity contribution in [3.63, 3.8) is 0 Å². The first-order chi connectivity index (χ1) is 8.70. The molecule has 1 aromatic carbocycles. The Labute approximate surface area is 111 Å². The summed E-state index contributed by atoms with van der Waals surface area (Å²) in [5.41, 5.74) is 0.0329. The van der Waals surface area contributed by atoms with Gasteiger partial charge in [0.2, 0.25) is 0 Å². The maximum absolute atomic E-state index is 13.3. The molecule has 1 heterocycles. The summed E-state index contributed by atoms with van der Waals surface area (Å²) in [5, 5.41) is 2.63. The minimum Gasteiger partial charge on any atom is -0.444 e. The van der Waals surface area contributed by atoms with Gasteiger partial charge in [-0.1, -0.05) is 0 Å². The Balaban J connectivity index is 2.19. The zero-order valence-electron chi connectivity index (χ0n) is 11.5. The van der Waals surface area contributed by atoms with Gasteiger partial charge >= 0.3 is 6.09 Å². The van der Waals surface area contributed by atoms with Gasteiger partial charge in [-0.05, 0) is 45.9 Å². The molecule has 1 aliphatic rings. The molecule has 1 fully saturated rings. The fraction of sp³-hybridized carbons (Fsp3) is 0.500. The van der Waals surface area contributed by atoms with Crippen LogP contribution in [0.25, 0.3) is 0 Å². The lowest BCUT2D eigenvalue weighted by Crippen LogP contribution is -2.28. The van der Waals surface area contributed by atoms with Crippen molar-refractivity contribution >= 4 is 11.8 Å². The van der Waals surface area contributed by atoms with E-state index in [0.717, 1.165) is 0 Å². The van der Waals surface area contributed by atoms with Crippen molar-refractivity contribution in [1.82, 2.24) is 0 Å². The molecular weight excluding hydrogens is 249 g/mol. The predicted octanol–water partition coefficient (Wildman–Crippen LogP) is 3.42. The zero-order chi connectivity index (χ0) is 14.3. The van der Waals surface area contributed by atoms with E-state index < -0.39 is 17.3 Å². The second kappa shape index (κ2) is 4.49. The van der Waals surface area contributed by atoms with Crippen molar-refractivity contribution in [2.75, 3.05) is 11.9 Å². The first kappa shape index (κ1) is 13.8. The Hall–Kier alpha value is -1.62. The summed E-state index contributed by atoms with van der Waals surface area (Å²) < 4.78 is 23.8. The third-order valence-corrected chi connectivity index (χ3v) is 2.76. The summed E-state index contributed by atoms with van der Waals surface area (Å²) in [4.78, 5) is 11.7. The van der Waals surface area contributed by atoms with Crippen LogP contribution in [-0.2, 0) is 15.1 Å².